The van der Waals surface area contributed by atoms with Crippen molar-refractivity contribution >= 4 is 5.82 Å². The van der Waals surface area contributed by atoms with Crippen molar-refractivity contribution in [2.45, 2.75) is 6.18 Å². The average molecular weight is 166 g/mol. The van der Waals surface area contributed by atoms with Gasteiger partial charge < -0.3 is 5.43 Å². The van der Waals surface area contributed by atoms with E-state index in [1.165, 1.54) is 0 Å². The number of nitrogens with zero attached hydrogens (tertiary/aromatic N) is 1. The molecule has 11 heavy (non-hydrogen) atoms. The number of alkyl halides is 3. The summed E-state index contributed by atoms with van der Waals surface area (Å²) < 4.78 is 35.4. The first-order valence-electron chi connectivity index (χ1n) is 2.63. The molecule has 1 rings (SSSR count). The molecule has 0 unspecified atom stereocenters. The number of nitrogens with two attached hydrogens (primary N) is 1. The SMILES string of the molecule is NNc1cc(C(F)(F)F)[nH]n1. The van der Waals surface area contributed by atoms with E-state index in [0.29, 0.717) is 0 Å². The van der Waals surface area contributed by atoms with Crippen molar-refractivity contribution in [2.24, 2.45) is 5.84 Å². The van der Waals surface area contributed by atoms with Gasteiger partial charge >= 0.3 is 6.18 Å². The van der Waals surface area contributed by atoms with E-state index in [9.17, 15) is 13.2 Å². The van der Waals surface area contributed by atoms with Crippen molar-refractivity contribution in [1.82, 2.24) is 10.2 Å². The van der Waals surface area contributed by atoms with E-state index < -0.39 is 11.9 Å². The summed E-state index contributed by atoms with van der Waals surface area (Å²) in [7, 11) is 0. The van der Waals surface area contributed by atoms with Gasteiger partial charge in [0, 0.05) is 6.07 Å². The lowest BCUT2D eigenvalue weighted by Crippen LogP contribution is -2.07. The van der Waals surface area contributed by atoms with E-state index >= 15 is 0 Å². The van der Waals surface area contributed by atoms with Crippen molar-refractivity contribution in [2.75, 3.05) is 5.43 Å². The van der Waals surface area contributed by atoms with Crippen LogP contribution in [0.25, 0.3) is 0 Å². The molecule has 4 N–H and O–H groups in total. The minimum Gasteiger partial charge on any atom is -0.307 e. The summed E-state index contributed by atoms with van der Waals surface area (Å²) in [5, 5.41) is 5.00. The lowest BCUT2D eigenvalue weighted by molar-refractivity contribution is -0.141. The first-order valence-corrected chi connectivity index (χ1v) is 2.63. The third kappa shape index (κ3) is 1.61. The third-order valence-electron chi connectivity index (χ3n) is 1.03. The Bertz CT molecular complexity index is 240. The predicted octanol–water partition coefficient (Wildman–Crippen LogP) is 0.714. The number of aromatic nitrogens is 2. The number of aromatic amines is 1. The lowest BCUT2D eigenvalue weighted by atomic mass is 10.4. The molecule has 62 valence electrons. The van der Waals surface area contributed by atoms with Gasteiger partial charge in [-0.2, -0.15) is 18.3 Å². The maximum absolute atomic E-state index is 11.8. The minimum atomic E-state index is -4.40. The van der Waals surface area contributed by atoms with Gasteiger partial charge in [0.05, 0.1) is 0 Å². The number of H-pyrrole nitrogens is 1. The highest BCUT2D eigenvalue weighted by Crippen LogP contribution is 2.28. The van der Waals surface area contributed by atoms with E-state index in [-0.39, 0.29) is 5.82 Å². The number of hydrogen-bond acceptors (Lipinski definition) is 3. The van der Waals surface area contributed by atoms with Gasteiger partial charge in [0.1, 0.15) is 5.69 Å². The Hall–Kier alpha value is -1.24. The summed E-state index contributed by atoms with van der Waals surface area (Å²) in [6, 6.07) is 0.778. The van der Waals surface area contributed by atoms with Gasteiger partial charge in [0.15, 0.2) is 5.82 Å². The van der Waals surface area contributed by atoms with Gasteiger partial charge in [-0.3, -0.25) is 5.10 Å². The Balaban J connectivity index is 2.89. The van der Waals surface area contributed by atoms with Gasteiger partial charge in [-0.1, -0.05) is 0 Å². The highest BCUT2D eigenvalue weighted by molar-refractivity contribution is 5.34. The van der Waals surface area contributed by atoms with Crippen LogP contribution in [0.2, 0.25) is 0 Å². The minimum absolute atomic E-state index is 0.0441. The molecule has 0 radical (unpaired) electrons. The van der Waals surface area contributed by atoms with Crippen LogP contribution in [-0.4, -0.2) is 10.2 Å². The van der Waals surface area contributed by atoms with Crippen LogP contribution in [0.3, 0.4) is 0 Å². The van der Waals surface area contributed by atoms with Crippen molar-refractivity contribution in [1.29, 1.82) is 0 Å². The molecule has 0 aliphatic heterocycles. The van der Waals surface area contributed by atoms with E-state index in [2.05, 4.69) is 5.10 Å². The monoisotopic (exact) mass is 166 g/mol. The van der Waals surface area contributed by atoms with Gasteiger partial charge in [-0.05, 0) is 0 Å². The summed E-state index contributed by atoms with van der Waals surface area (Å²) in [5.74, 6) is 4.76. The molecule has 0 fully saturated rings. The topological polar surface area (TPSA) is 66.7 Å². The third-order valence-corrected chi connectivity index (χ3v) is 1.03. The van der Waals surface area contributed by atoms with Crippen LogP contribution in [0, 0.1) is 0 Å². The van der Waals surface area contributed by atoms with Crippen LogP contribution in [0.4, 0.5) is 19.0 Å². The molecule has 1 heterocycles. The molecule has 4 nitrogen and oxygen atoms in total. The Morgan fingerprint density at radius 2 is 2.18 bits per heavy atom. The van der Waals surface area contributed by atoms with Crippen molar-refractivity contribution in [3.05, 3.63) is 11.8 Å². The van der Waals surface area contributed by atoms with Gasteiger partial charge in [-0.25, -0.2) is 5.84 Å². The second-order valence-corrected chi connectivity index (χ2v) is 1.81. The molecule has 0 saturated carbocycles. The van der Waals surface area contributed by atoms with E-state index in [1.807, 2.05) is 5.43 Å². The zero-order valence-corrected chi connectivity index (χ0v) is 5.24. The zero-order valence-electron chi connectivity index (χ0n) is 5.24. The fraction of sp³-hybridized carbons (Fsp3) is 0.250. The quantitative estimate of drug-likeness (QED) is 0.425. The van der Waals surface area contributed by atoms with E-state index in [1.54, 1.807) is 5.10 Å². The molecule has 0 saturated heterocycles. The molecule has 0 spiro atoms. The van der Waals surface area contributed by atoms with Crippen LogP contribution < -0.4 is 11.3 Å². The van der Waals surface area contributed by atoms with E-state index in [4.69, 9.17) is 5.84 Å². The standard InChI is InChI=1S/C4H5F3N4/c5-4(6,7)2-1-3(9-8)11-10-2/h1H,8H2,(H2,9,10,11). The molecular formula is C4H5F3N4. The van der Waals surface area contributed by atoms with E-state index in [0.717, 1.165) is 6.07 Å². The summed E-state index contributed by atoms with van der Waals surface area (Å²) in [5.41, 5.74) is 1.05. The molecule has 0 aliphatic carbocycles. The lowest BCUT2D eigenvalue weighted by Gasteiger charge is -1.99. The Morgan fingerprint density at radius 3 is 2.45 bits per heavy atom. The molecular weight excluding hydrogens is 161 g/mol. The van der Waals surface area contributed by atoms with Crippen molar-refractivity contribution in [3.8, 4) is 0 Å². The molecule has 1 aromatic heterocycles. The number of nitrogen functional groups attached to an aromatic ring is 1. The molecule has 0 aliphatic rings. The number of rotatable bonds is 1. The second-order valence-electron chi connectivity index (χ2n) is 1.81. The van der Waals surface area contributed by atoms with Crippen molar-refractivity contribution < 1.29 is 13.2 Å². The molecule has 0 bridgehead atoms. The number of hydrogen-bond donors (Lipinski definition) is 3. The van der Waals surface area contributed by atoms with Crippen LogP contribution in [0.5, 0.6) is 0 Å². The number of nitrogens with one attached hydrogen (secondary N) is 2. The van der Waals surface area contributed by atoms with Gasteiger partial charge in [0.2, 0.25) is 0 Å². The van der Waals surface area contributed by atoms with Crippen LogP contribution in [-0.2, 0) is 6.18 Å². The first-order chi connectivity index (χ1) is 5.04. The summed E-state index contributed by atoms with van der Waals surface area (Å²) >= 11 is 0. The smallest absolute Gasteiger partial charge is 0.307 e. The van der Waals surface area contributed by atoms with Crippen LogP contribution in [0.15, 0.2) is 6.07 Å². The molecule has 0 amide bonds. The number of anilines is 1. The van der Waals surface area contributed by atoms with Gasteiger partial charge in [0.25, 0.3) is 0 Å². The Labute approximate surface area is 59.6 Å². The summed E-state index contributed by atoms with van der Waals surface area (Å²) in [4.78, 5) is 0. The normalized spacial score (nSPS) is 11.6. The molecule has 0 aromatic carbocycles. The van der Waals surface area contributed by atoms with Crippen LogP contribution >= 0.6 is 0 Å². The van der Waals surface area contributed by atoms with Crippen molar-refractivity contribution in [3.63, 3.8) is 0 Å². The van der Waals surface area contributed by atoms with Crippen LogP contribution in [0.1, 0.15) is 5.69 Å². The summed E-state index contributed by atoms with van der Waals surface area (Å²) in [6.07, 6.45) is -4.40. The Kier molecular flexibility index (Phi) is 1.73. The zero-order chi connectivity index (χ0) is 8.48. The highest BCUT2D eigenvalue weighted by Gasteiger charge is 2.32. The maximum Gasteiger partial charge on any atom is 0.432 e. The molecule has 1 aromatic rings. The fourth-order valence-corrected chi connectivity index (χ4v) is 0.541. The Morgan fingerprint density at radius 1 is 1.55 bits per heavy atom. The molecule has 7 heteroatoms. The largest absolute Gasteiger partial charge is 0.432 e. The first kappa shape index (κ1) is 7.86. The number of hydrazine groups is 1. The maximum atomic E-state index is 11.8. The summed E-state index contributed by atoms with van der Waals surface area (Å²) in [6.45, 7) is 0. The fourth-order valence-electron chi connectivity index (χ4n) is 0.541. The molecule has 0 atom stereocenters. The van der Waals surface area contributed by atoms with Gasteiger partial charge in [-0.15, -0.1) is 0 Å². The highest BCUT2D eigenvalue weighted by atomic mass is 19.4. The second kappa shape index (κ2) is 2.42. The number of halogens is 3. The predicted molar refractivity (Wildman–Crippen MR) is 31.4 cm³/mol. The average Bonchev–Trinajstić information content (AvgIpc) is 2.32.